The summed E-state index contributed by atoms with van der Waals surface area (Å²) in [6, 6.07) is 0. The Morgan fingerprint density at radius 3 is 2.00 bits per heavy atom. The molecule has 0 aromatic carbocycles. The fourth-order valence-corrected chi connectivity index (χ4v) is 1.01. The normalized spacial score (nSPS) is 28.3. The summed E-state index contributed by atoms with van der Waals surface area (Å²) in [5, 5.41) is 17.9. The number of piperidine rings is 1. The summed E-state index contributed by atoms with van der Waals surface area (Å²) in [7, 11) is 0. The zero-order valence-corrected chi connectivity index (χ0v) is 5.80. The first kappa shape index (κ1) is 7.28. The highest BCUT2D eigenvalue weighted by Crippen LogP contribution is 2.19. The van der Waals surface area contributed by atoms with Gasteiger partial charge in [-0.05, 0) is 11.8 Å². The molecule has 2 N–H and O–H groups in total. The Balaban J connectivity index is 2.35. The van der Waals surface area contributed by atoms with Crippen molar-refractivity contribution in [3.8, 4) is 0 Å². The van der Waals surface area contributed by atoms with Crippen molar-refractivity contribution in [1.82, 2.24) is 4.42 Å². The van der Waals surface area contributed by atoms with Gasteiger partial charge in [-0.15, -0.1) is 0 Å². The molecule has 0 aromatic rings. The van der Waals surface area contributed by atoms with Gasteiger partial charge in [0.1, 0.15) is 0 Å². The lowest BCUT2D eigenvalue weighted by Crippen LogP contribution is -2.40. The zero-order valence-electron chi connectivity index (χ0n) is 5.05. The molecule has 0 spiro atoms. The molecule has 1 aliphatic rings. The van der Waals surface area contributed by atoms with E-state index in [1.165, 1.54) is 0 Å². The minimum absolute atomic E-state index is 0.344. The first-order valence-electron chi connectivity index (χ1n) is 2.96. The van der Waals surface area contributed by atoms with Crippen LogP contribution in [0, 0.1) is 0 Å². The Morgan fingerprint density at radius 2 is 1.67 bits per heavy atom. The van der Waals surface area contributed by atoms with Gasteiger partial charge in [-0.2, -0.15) is 0 Å². The zero-order chi connectivity index (χ0) is 6.91. The van der Waals surface area contributed by atoms with Crippen molar-refractivity contribution in [1.29, 1.82) is 0 Å². The Morgan fingerprint density at radius 1 is 1.22 bits per heavy atom. The lowest BCUT2D eigenvalue weighted by Gasteiger charge is -2.30. The Bertz CT molecular complexity index is 97.1. The van der Waals surface area contributed by atoms with Crippen LogP contribution in [0.5, 0.6) is 0 Å². The molecular formula is C5H10ClNO2. The quantitative estimate of drug-likeness (QED) is 0.376. The standard InChI is InChI=1S/C5H10ClNO2/c6-7-3-1-5(8,9)2-4-7/h8-9H,1-4H2. The molecule has 4 heteroatoms. The molecule has 1 fully saturated rings. The third kappa shape index (κ3) is 2.10. The van der Waals surface area contributed by atoms with Gasteiger partial charge in [0.2, 0.25) is 0 Å². The minimum Gasteiger partial charge on any atom is -0.366 e. The molecule has 0 saturated carbocycles. The summed E-state index contributed by atoms with van der Waals surface area (Å²) in [5.41, 5.74) is 0. The van der Waals surface area contributed by atoms with Gasteiger partial charge >= 0.3 is 0 Å². The van der Waals surface area contributed by atoms with Crippen molar-refractivity contribution >= 4 is 11.8 Å². The van der Waals surface area contributed by atoms with Gasteiger partial charge in [0.25, 0.3) is 0 Å². The monoisotopic (exact) mass is 151 g/mol. The number of aliphatic hydroxyl groups is 2. The van der Waals surface area contributed by atoms with Gasteiger partial charge < -0.3 is 10.2 Å². The van der Waals surface area contributed by atoms with E-state index in [1.807, 2.05) is 0 Å². The third-order valence-electron chi connectivity index (χ3n) is 1.51. The van der Waals surface area contributed by atoms with Crippen LogP contribution in [0.4, 0.5) is 0 Å². The van der Waals surface area contributed by atoms with E-state index >= 15 is 0 Å². The van der Waals surface area contributed by atoms with Crippen molar-refractivity contribution in [3.63, 3.8) is 0 Å². The van der Waals surface area contributed by atoms with E-state index in [1.54, 1.807) is 4.42 Å². The second-order valence-electron chi connectivity index (χ2n) is 2.39. The predicted octanol–water partition coefficient (Wildman–Crippen LogP) is -0.0831. The fraction of sp³-hybridized carbons (Fsp3) is 1.00. The van der Waals surface area contributed by atoms with Crippen LogP contribution < -0.4 is 0 Å². The molecule has 1 rings (SSSR count). The van der Waals surface area contributed by atoms with E-state index in [2.05, 4.69) is 0 Å². The van der Waals surface area contributed by atoms with Crippen molar-refractivity contribution in [2.45, 2.75) is 18.6 Å². The average molecular weight is 152 g/mol. The molecule has 1 heterocycles. The lowest BCUT2D eigenvalue weighted by atomic mass is 10.1. The fourth-order valence-electron chi connectivity index (χ4n) is 0.838. The second kappa shape index (κ2) is 2.42. The van der Waals surface area contributed by atoms with E-state index in [4.69, 9.17) is 22.0 Å². The molecule has 3 nitrogen and oxygen atoms in total. The third-order valence-corrected chi connectivity index (χ3v) is 1.85. The second-order valence-corrected chi connectivity index (χ2v) is 2.87. The van der Waals surface area contributed by atoms with Crippen LogP contribution in [-0.2, 0) is 0 Å². The number of hydrogen-bond donors (Lipinski definition) is 2. The van der Waals surface area contributed by atoms with Gasteiger partial charge in [0.05, 0.1) is 0 Å². The molecule has 9 heavy (non-hydrogen) atoms. The summed E-state index contributed by atoms with van der Waals surface area (Å²) in [5.74, 6) is -1.47. The van der Waals surface area contributed by atoms with Crippen LogP contribution in [0.1, 0.15) is 12.8 Å². The predicted molar refractivity (Wildman–Crippen MR) is 33.8 cm³/mol. The van der Waals surface area contributed by atoms with Gasteiger partial charge in [-0.1, -0.05) is 0 Å². The number of hydrogen-bond acceptors (Lipinski definition) is 3. The summed E-state index contributed by atoms with van der Waals surface area (Å²) in [6.07, 6.45) is 0.688. The molecule has 0 amide bonds. The summed E-state index contributed by atoms with van der Waals surface area (Å²) in [6.45, 7) is 1.10. The number of halogens is 1. The van der Waals surface area contributed by atoms with Gasteiger partial charge in [-0.3, -0.25) is 0 Å². The van der Waals surface area contributed by atoms with Crippen molar-refractivity contribution < 1.29 is 10.2 Å². The number of rotatable bonds is 0. The first-order chi connectivity index (χ1) is 4.10. The van der Waals surface area contributed by atoms with E-state index in [0.29, 0.717) is 25.9 Å². The molecule has 0 radical (unpaired) electrons. The molecule has 0 aliphatic carbocycles. The van der Waals surface area contributed by atoms with Gasteiger partial charge in [0.15, 0.2) is 5.79 Å². The smallest absolute Gasteiger partial charge is 0.165 e. The Labute approximate surface area is 59.0 Å². The van der Waals surface area contributed by atoms with Crippen LogP contribution >= 0.6 is 11.8 Å². The van der Waals surface area contributed by atoms with Crippen molar-refractivity contribution in [2.24, 2.45) is 0 Å². The Hall–Kier alpha value is 0.170. The maximum absolute atomic E-state index is 8.96. The molecule has 0 unspecified atom stereocenters. The summed E-state index contributed by atoms with van der Waals surface area (Å²) >= 11 is 5.56. The van der Waals surface area contributed by atoms with Crippen LogP contribution in [0.25, 0.3) is 0 Å². The molecule has 0 bridgehead atoms. The van der Waals surface area contributed by atoms with Crippen molar-refractivity contribution in [2.75, 3.05) is 13.1 Å². The van der Waals surface area contributed by atoms with Crippen LogP contribution in [-0.4, -0.2) is 33.5 Å². The lowest BCUT2D eigenvalue weighted by molar-refractivity contribution is -0.182. The van der Waals surface area contributed by atoms with Crippen LogP contribution in [0.3, 0.4) is 0 Å². The minimum atomic E-state index is -1.47. The Kier molecular flexibility index (Phi) is 1.96. The van der Waals surface area contributed by atoms with Gasteiger partial charge in [0, 0.05) is 25.9 Å². The highest BCUT2D eigenvalue weighted by Gasteiger charge is 2.28. The van der Waals surface area contributed by atoms with Crippen molar-refractivity contribution in [3.05, 3.63) is 0 Å². The highest BCUT2D eigenvalue weighted by atomic mass is 35.5. The topological polar surface area (TPSA) is 43.7 Å². The first-order valence-corrected chi connectivity index (χ1v) is 3.29. The maximum Gasteiger partial charge on any atom is 0.165 e. The largest absolute Gasteiger partial charge is 0.366 e. The van der Waals surface area contributed by atoms with E-state index in [-0.39, 0.29) is 0 Å². The summed E-state index contributed by atoms with van der Waals surface area (Å²) in [4.78, 5) is 0. The molecule has 0 aromatic heterocycles. The van der Waals surface area contributed by atoms with E-state index in [0.717, 1.165) is 0 Å². The van der Waals surface area contributed by atoms with Crippen LogP contribution in [0.2, 0.25) is 0 Å². The molecule has 0 atom stereocenters. The summed E-state index contributed by atoms with van der Waals surface area (Å²) < 4.78 is 1.56. The SMILES string of the molecule is OC1(O)CCN(Cl)CC1. The average Bonchev–Trinajstić information content (AvgIpc) is 1.78. The highest BCUT2D eigenvalue weighted by molar-refractivity contribution is 6.13. The maximum atomic E-state index is 8.96. The molecule has 54 valence electrons. The molecule has 1 aliphatic heterocycles. The molecule has 1 saturated heterocycles. The van der Waals surface area contributed by atoms with Crippen LogP contribution in [0.15, 0.2) is 0 Å². The van der Waals surface area contributed by atoms with E-state index in [9.17, 15) is 0 Å². The number of nitrogens with zero attached hydrogens (tertiary/aromatic N) is 1. The van der Waals surface area contributed by atoms with Gasteiger partial charge in [-0.25, -0.2) is 4.42 Å². The van der Waals surface area contributed by atoms with E-state index < -0.39 is 5.79 Å². The molecular weight excluding hydrogens is 142 g/mol.